The molecule has 2 amide bonds. The van der Waals surface area contributed by atoms with E-state index in [-0.39, 0.29) is 24.3 Å². The molecule has 0 radical (unpaired) electrons. The second-order valence-corrected chi connectivity index (χ2v) is 6.97. The summed E-state index contributed by atoms with van der Waals surface area (Å²) in [6, 6.07) is -0.400. The maximum Gasteiger partial charge on any atom is 0.308 e. The molecule has 2 saturated heterocycles. The highest BCUT2D eigenvalue weighted by atomic mass is 16.4. The lowest BCUT2D eigenvalue weighted by molar-refractivity contribution is -0.153. The number of aliphatic carboxylic acids is 1. The van der Waals surface area contributed by atoms with Crippen molar-refractivity contribution in [2.45, 2.75) is 58.4 Å². The van der Waals surface area contributed by atoms with Crippen molar-refractivity contribution in [2.24, 2.45) is 11.8 Å². The Morgan fingerprint density at radius 3 is 2.57 bits per heavy atom. The summed E-state index contributed by atoms with van der Waals surface area (Å²) in [7, 11) is 0. The van der Waals surface area contributed by atoms with E-state index in [2.05, 4.69) is 0 Å². The Kier molecular flexibility index (Phi) is 6.02. The van der Waals surface area contributed by atoms with Crippen LogP contribution < -0.4 is 0 Å². The molecule has 2 aliphatic rings. The van der Waals surface area contributed by atoms with Crippen LogP contribution in [0.5, 0.6) is 0 Å². The number of carboxylic acids is 1. The van der Waals surface area contributed by atoms with Crippen molar-refractivity contribution in [2.75, 3.05) is 19.6 Å². The number of carbonyl (C=O) groups is 3. The van der Waals surface area contributed by atoms with E-state index in [4.69, 9.17) is 0 Å². The van der Waals surface area contributed by atoms with Gasteiger partial charge in [-0.2, -0.15) is 0 Å². The average Bonchev–Trinajstić information content (AvgIpc) is 2.53. The highest BCUT2D eigenvalue weighted by molar-refractivity contribution is 5.88. The van der Waals surface area contributed by atoms with Crippen molar-refractivity contribution in [3.05, 3.63) is 0 Å². The predicted molar refractivity (Wildman–Crippen MR) is 85.7 cm³/mol. The quantitative estimate of drug-likeness (QED) is 0.854. The van der Waals surface area contributed by atoms with E-state index in [0.717, 1.165) is 19.3 Å². The van der Waals surface area contributed by atoms with E-state index >= 15 is 0 Å². The molecule has 1 N–H and O–H groups in total. The molecule has 0 aliphatic carbocycles. The Balaban J connectivity index is 2.09. The minimum absolute atomic E-state index is 0.0467. The van der Waals surface area contributed by atoms with Gasteiger partial charge in [0.05, 0.1) is 5.92 Å². The molecule has 0 saturated carbocycles. The first-order chi connectivity index (χ1) is 10.9. The van der Waals surface area contributed by atoms with Crippen LogP contribution in [-0.2, 0) is 14.4 Å². The number of piperidine rings is 2. The molecule has 3 unspecified atom stereocenters. The number of likely N-dealkylation sites (tertiary alicyclic amines) is 2. The molecule has 6 heteroatoms. The van der Waals surface area contributed by atoms with Gasteiger partial charge in [0.25, 0.3) is 0 Å². The lowest BCUT2D eigenvalue weighted by Crippen LogP contribution is -2.56. The Morgan fingerprint density at radius 1 is 1.17 bits per heavy atom. The van der Waals surface area contributed by atoms with Gasteiger partial charge in [-0.15, -0.1) is 0 Å². The highest BCUT2D eigenvalue weighted by Crippen LogP contribution is 2.26. The molecule has 2 fully saturated rings. The van der Waals surface area contributed by atoms with E-state index in [9.17, 15) is 19.5 Å². The summed E-state index contributed by atoms with van der Waals surface area (Å²) in [6.45, 7) is 5.44. The molecule has 2 heterocycles. The van der Waals surface area contributed by atoms with E-state index in [0.29, 0.717) is 32.4 Å². The van der Waals surface area contributed by atoms with Gasteiger partial charge < -0.3 is 14.9 Å². The van der Waals surface area contributed by atoms with Crippen molar-refractivity contribution in [1.82, 2.24) is 9.80 Å². The standard InChI is InChI=1S/C17H28N2O4/c1-3-6-15(20)19-8-5-4-7-14(19)16(21)18-10-12(2)9-13(11-18)17(22)23/h12-14H,3-11H2,1-2H3,(H,22,23). The second kappa shape index (κ2) is 7.79. The topological polar surface area (TPSA) is 77.9 Å². The minimum atomic E-state index is -0.836. The van der Waals surface area contributed by atoms with Gasteiger partial charge >= 0.3 is 5.97 Å². The maximum absolute atomic E-state index is 12.9. The lowest BCUT2D eigenvalue weighted by Gasteiger charge is -2.41. The lowest BCUT2D eigenvalue weighted by atomic mass is 9.89. The first-order valence-corrected chi connectivity index (χ1v) is 8.75. The first-order valence-electron chi connectivity index (χ1n) is 8.75. The Bertz CT molecular complexity index is 466. The largest absolute Gasteiger partial charge is 0.481 e. The van der Waals surface area contributed by atoms with Crippen LogP contribution in [0.2, 0.25) is 0 Å². The van der Waals surface area contributed by atoms with Crippen molar-refractivity contribution in [3.63, 3.8) is 0 Å². The molecular formula is C17H28N2O4. The highest BCUT2D eigenvalue weighted by Gasteiger charge is 2.38. The van der Waals surface area contributed by atoms with Gasteiger partial charge in [0.2, 0.25) is 11.8 Å². The van der Waals surface area contributed by atoms with Crippen molar-refractivity contribution in [3.8, 4) is 0 Å². The van der Waals surface area contributed by atoms with Crippen LogP contribution in [0.1, 0.15) is 52.4 Å². The molecule has 6 nitrogen and oxygen atoms in total. The number of carbonyl (C=O) groups excluding carboxylic acids is 2. The molecule has 3 atom stereocenters. The van der Waals surface area contributed by atoms with Crippen LogP contribution >= 0.6 is 0 Å². The van der Waals surface area contributed by atoms with Crippen LogP contribution in [0.15, 0.2) is 0 Å². The summed E-state index contributed by atoms with van der Waals surface area (Å²) in [4.78, 5) is 39.9. The van der Waals surface area contributed by atoms with Gasteiger partial charge in [-0.25, -0.2) is 0 Å². The molecule has 130 valence electrons. The maximum atomic E-state index is 12.9. The Labute approximate surface area is 137 Å². The Hall–Kier alpha value is -1.59. The zero-order valence-corrected chi connectivity index (χ0v) is 14.2. The van der Waals surface area contributed by atoms with Crippen molar-refractivity contribution >= 4 is 17.8 Å². The smallest absolute Gasteiger partial charge is 0.308 e. The zero-order chi connectivity index (χ0) is 17.0. The predicted octanol–water partition coefficient (Wildman–Crippen LogP) is 1.74. The van der Waals surface area contributed by atoms with Gasteiger partial charge in [0.1, 0.15) is 6.04 Å². The van der Waals surface area contributed by atoms with Crippen LogP contribution in [0.4, 0.5) is 0 Å². The van der Waals surface area contributed by atoms with Gasteiger partial charge in [-0.1, -0.05) is 13.8 Å². The van der Waals surface area contributed by atoms with Crippen LogP contribution in [0.25, 0.3) is 0 Å². The van der Waals surface area contributed by atoms with Gasteiger partial charge in [0, 0.05) is 26.1 Å². The monoisotopic (exact) mass is 324 g/mol. The summed E-state index contributed by atoms with van der Waals surface area (Å²) in [5.74, 6) is -1.17. The number of amides is 2. The summed E-state index contributed by atoms with van der Waals surface area (Å²) in [6.07, 6.45) is 4.43. The molecule has 0 spiro atoms. The van der Waals surface area contributed by atoms with Crippen LogP contribution in [0, 0.1) is 11.8 Å². The van der Waals surface area contributed by atoms with E-state index in [1.54, 1.807) is 9.80 Å². The van der Waals surface area contributed by atoms with E-state index in [1.807, 2.05) is 13.8 Å². The summed E-state index contributed by atoms with van der Waals surface area (Å²) in [5.41, 5.74) is 0. The molecule has 23 heavy (non-hydrogen) atoms. The SMILES string of the molecule is CCCC(=O)N1CCCCC1C(=O)N1CC(C)CC(C(=O)O)C1. The molecule has 0 aromatic heterocycles. The molecule has 0 aromatic rings. The van der Waals surface area contributed by atoms with Crippen LogP contribution in [0.3, 0.4) is 0 Å². The fraction of sp³-hybridized carbons (Fsp3) is 0.824. The molecule has 2 aliphatic heterocycles. The third-order valence-corrected chi connectivity index (χ3v) is 4.89. The number of hydrogen-bond donors (Lipinski definition) is 1. The molecule has 2 rings (SSSR count). The first kappa shape index (κ1) is 17.8. The molecule has 0 bridgehead atoms. The fourth-order valence-electron chi connectivity index (χ4n) is 3.77. The third-order valence-electron chi connectivity index (χ3n) is 4.89. The minimum Gasteiger partial charge on any atom is -0.481 e. The Morgan fingerprint density at radius 2 is 1.91 bits per heavy atom. The second-order valence-electron chi connectivity index (χ2n) is 6.97. The van der Waals surface area contributed by atoms with Gasteiger partial charge in [-0.05, 0) is 38.0 Å². The van der Waals surface area contributed by atoms with E-state index < -0.39 is 17.9 Å². The summed E-state index contributed by atoms with van der Waals surface area (Å²) in [5, 5.41) is 9.27. The summed E-state index contributed by atoms with van der Waals surface area (Å²) < 4.78 is 0. The van der Waals surface area contributed by atoms with Crippen LogP contribution in [-0.4, -0.2) is 58.4 Å². The molecular weight excluding hydrogens is 296 g/mol. The number of carboxylic acid groups (broad SMARTS) is 1. The third kappa shape index (κ3) is 4.24. The van der Waals surface area contributed by atoms with Crippen molar-refractivity contribution in [1.29, 1.82) is 0 Å². The number of rotatable bonds is 4. The van der Waals surface area contributed by atoms with Crippen molar-refractivity contribution < 1.29 is 19.5 Å². The van der Waals surface area contributed by atoms with E-state index in [1.165, 1.54) is 0 Å². The van der Waals surface area contributed by atoms with Gasteiger partial charge in [0.15, 0.2) is 0 Å². The summed E-state index contributed by atoms with van der Waals surface area (Å²) >= 11 is 0. The average molecular weight is 324 g/mol. The fourth-order valence-corrected chi connectivity index (χ4v) is 3.77. The number of hydrogen-bond acceptors (Lipinski definition) is 3. The zero-order valence-electron chi connectivity index (χ0n) is 14.2. The normalized spacial score (nSPS) is 28.5. The number of nitrogens with zero attached hydrogens (tertiary/aromatic N) is 2. The molecule has 0 aromatic carbocycles. The van der Waals surface area contributed by atoms with Gasteiger partial charge in [-0.3, -0.25) is 14.4 Å².